The number of para-hydroxylation sites is 1. The first-order valence-electron chi connectivity index (χ1n) is 6.59. The average molecular weight is 327 g/mol. The van der Waals surface area contributed by atoms with Gasteiger partial charge in [-0.3, -0.25) is 0 Å². The second-order valence-electron chi connectivity index (χ2n) is 4.84. The van der Waals surface area contributed by atoms with Crippen LogP contribution in [0.5, 0.6) is 0 Å². The molecule has 1 aromatic heterocycles. The van der Waals surface area contributed by atoms with Gasteiger partial charge in [0.1, 0.15) is 0 Å². The molecule has 20 heavy (non-hydrogen) atoms. The van der Waals surface area contributed by atoms with Gasteiger partial charge in [0.2, 0.25) is 0 Å². The Bertz CT molecular complexity index is 725. The van der Waals surface area contributed by atoms with Crippen LogP contribution in [-0.2, 0) is 6.42 Å². The molecule has 3 heteroatoms. The smallest absolute Gasteiger partial charge is 0.0723 e. The fourth-order valence-corrected chi connectivity index (χ4v) is 2.96. The topological polar surface area (TPSA) is 38.9 Å². The molecule has 0 bridgehead atoms. The largest absolute Gasteiger partial charge is 0.322 e. The summed E-state index contributed by atoms with van der Waals surface area (Å²) in [6.45, 7) is 0. The van der Waals surface area contributed by atoms with Gasteiger partial charge in [0, 0.05) is 9.86 Å². The van der Waals surface area contributed by atoms with Gasteiger partial charge in [-0.05, 0) is 40.0 Å². The third-order valence-electron chi connectivity index (χ3n) is 3.35. The van der Waals surface area contributed by atoms with Crippen LogP contribution >= 0.6 is 15.9 Å². The van der Waals surface area contributed by atoms with Crippen molar-refractivity contribution in [2.45, 2.75) is 12.5 Å². The van der Waals surface area contributed by atoms with Crippen LogP contribution in [0.1, 0.15) is 17.3 Å². The standard InChI is InChI=1S/C17H15BrN2/c18-14-11-13-8-4-5-9-16(13)20-17(14)15(19)10-12-6-2-1-3-7-12/h1-9,11,15H,10,19H2. The Hall–Kier alpha value is -1.71. The molecule has 0 aliphatic rings. The molecule has 2 aromatic carbocycles. The molecule has 1 atom stereocenters. The molecule has 1 heterocycles. The SMILES string of the molecule is NC(Cc1ccccc1)c1nc2ccccc2cc1Br. The molecule has 0 fully saturated rings. The van der Waals surface area contributed by atoms with Crippen LogP contribution in [0.25, 0.3) is 10.9 Å². The van der Waals surface area contributed by atoms with E-state index in [0.29, 0.717) is 0 Å². The highest BCUT2D eigenvalue weighted by Crippen LogP contribution is 2.26. The second-order valence-corrected chi connectivity index (χ2v) is 5.70. The van der Waals surface area contributed by atoms with E-state index < -0.39 is 0 Å². The van der Waals surface area contributed by atoms with Crippen molar-refractivity contribution in [3.05, 3.63) is 76.4 Å². The summed E-state index contributed by atoms with van der Waals surface area (Å²) in [6.07, 6.45) is 0.783. The van der Waals surface area contributed by atoms with E-state index in [1.807, 2.05) is 36.4 Å². The van der Waals surface area contributed by atoms with Gasteiger partial charge in [-0.1, -0.05) is 48.5 Å². The Kier molecular flexibility index (Phi) is 3.81. The number of halogens is 1. The third-order valence-corrected chi connectivity index (χ3v) is 3.99. The summed E-state index contributed by atoms with van der Waals surface area (Å²) in [4.78, 5) is 4.70. The van der Waals surface area contributed by atoms with Gasteiger partial charge < -0.3 is 5.73 Å². The highest BCUT2D eigenvalue weighted by Gasteiger charge is 2.13. The lowest BCUT2D eigenvalue weighted by atomic mass is 10.0. The quantitative estimate of drug-likeness (QED) is 0.781. The summed E-state index contributed by atoms with van der Waals surface area (Å²) in [6, 6.07) is 20.3. The lowest BCUT2D eigenvalue weighted by Gasteiger charge is -2.14. The summed E-state index contributed by atoms with van der Waals surface area (Å²) in [5.41, 5.74) is 9.44. The number of nitrogens with zero attached hydrogens (tertiary/aromatic N) is 1. The first-order chi connectivity index (χ1) is 9.74. The molecule has 3 rings (SSSR count). The van der Waals surface area contributed by atoms with Crippen molar-refractivity contribution in [1.29, 1.82) is 0 Å². The zero-order valence-corrected chi connectivity index (χ0v) is 12.5. The number of hydrogen-bond acceptors (Lipinski definition) is 2. The Balaban J connectivity index is 1.95. The summed E-state index contributed by atoms with van der Waals surface area (Å²) in [5, 5.41) is 1.12. The molecule has 2 nitrogen and oxygen atoms in total. The van der Waals surface area contributed by atoms with Gasteiger partial charge in [-0.15, -0.1) is 0 Å². The molecular formula is C17H15BrN2. The van der Waals surface area contributed by atoms with E-state index in [9.17, 15) is 0 Å². The molecule has 0 amide bonds. The minimum absolute atomic E-state index is 0.114. The lowest BCUT2D eigenvalue weighted by Crippen LogP contribution is -2.15. The lowest BCUT2D eigenvalue weighted by molar-refractivity contribution is 0.696. The minimum Gasteiger partial charge on any atom is -0.322 e. The van der Waals surface area contributed by atoms with E-state index in [-0.39, 0.29) is 6.04 Å². The van der Waals surface area contributed by atoms with E-state index in [2.05, 4.69) is 40.2 Å². The molecule has 0 saturated heterocycles. The summed E-state index contributed by atoms with van der Waals surface area (Å²) < 4.78 is 0.972. The average Bonchev–Trinajstić information content (AvgIpc) is 2.47. The molecule has 0 aliphatic heterocycles. The number of hydrogen-bond donors (Lipinski definition) is 1. The predicted molar refractivity (Wildman–Crippen MR) is 86.5 cm³/mol. The molecule has 100 valence electrons. The van der Waals surface area contributed by atoms with Crippen LogP contribution in [0.3, 0.4) is 0 Å². The molecule has 0 saturated carbocycles. The second kappa shape index (κ2) is 5.73. The highest BCUT2D eigenvalue weighted by atomic mass is 79.9. The van der Waals surface area contributed by atoms with E-state index >= 15 is 0 Å². The van der Waals surface area contributed by atoms with Gasteiger partial charge >= 0.3 is 0 Å². The molecule has 1 unspecified atom stereocenters. The first-order valence-corrected chi connectivity index (χ1v) is 7.38. The number of rotatable bonds is 3. The van der Waals surface area contributed by atoms with Crippen molar-refractivity contribution < 1.29 is 0 Å². The number of benzene rings is 2. The summed E-state index contributed by atoms with van der Waals surface area (Å²) >= 11 is 3.59. The maximum atomic E-state index is 6.33. The normalized spacial score (nSPS) is 12.5. The fourth-order valence-electron chi connectivity index (χ4n) is 2.33. The van der Waals surface area contributed by atoms with E-state index in [1.165, 1.54) is 5.56 Å². The molecule has 3 aromatic rings. The van der Waals surface area contributed by atoms with Crippen LogP contribution in [0.2, 0.25) is 0 Å². The maximum absolute atomic E-state index is 6.33. The van der Waals surface area contributed by atoms with Crippen molar-refractivity contribution in [2.24, 2.45) is 5.73 Å². The molecule has 0 radical (unpaired) electrons. The number of pyridine rings is 1. The molecular weight excluding hydrogens is 312 g/mol. The fraction of sp³-hybridized carbons (Fsp3) is 0.118. The zero-order valence-electron chi connectivity index (χ0n) is 11.0. The highest BCUT2D eigenvalue weighted by molar-refractivity contribution is 9.10. The summed E-state index contributed by atoms with van der Waals surface area (Å²) in [5.74, 6) is 0. The van der Waals surface area contributed by atoms with E-state index in [4.69, 9.17) is 10.7 Å². The van der Waals surface area contributed by atoms with E-state index in [1.54, 1.807) is 0 Å². The van der Waals surface area contributed by atoms with Gasteiger partial charge in [-0.25, -0.2) is 4.98 Å². The Morgan fingerprint density at radius 2 is 1.70 bits per heavy atom. The summed E-state index contributed by atoms with van der Waals surface area (Å²) in [7, 11) is 0. The number of aromatic nitrogens is 1. The van der Waals surface area contributed by atoms with Gasteiger partial charge in [0.05, 0.1) is 17.3 Å². The van der Waals surface area contributed by atoms with Gasteiger partial charge in [0.25, 0.3) is 0 Å². The Labute approximate surface area is 126 Å². The van der Waals surface area contributed by atoms with Gasteiger partial charge in [-0.2, -0.15) is 0 Å². The third kappa shape index (κ3) is 2.74. The van der Waals surface area contributed by atoms with Crippen molar-refractivity contribution in [3.63, 3.8) is 0 Å². The molecule has 2 N–H and O–H groups in total. The molecule has 0 aliphatic carbocycles. The van der Waals surface area contributed by atoms with Crippen LogP contribution < -0.4 is 5.73 Å². The number of nitrogens with two attached hydrogens (primary N) is 1. The van der Waals surface area contributed by atoms with Crippen molar-refractivity contribution >= 4 is 26.8 Å². The van der Waals surface area contributed by atoms with Crippen molar-refractivity contribution in [3.8, 4) is 0 Å². The number of fused-ring (bicyclic) bond motifs is 1. The van der Waals surface area contributed by atoms with Crippen LogP contribution in [0, 0.1) is 0 Å². The maximum Gasteiger partial charge on any atom is 0.0723 e. The first kappa shape index (κ1) is 13.3. The van der Waals surface area contributed by atoms with E-state index in [0.717, 1.165) is 27.5 Å². The monoisotopic (exact) mass is 326 g/mol. The van der Waals surface area contributed by atoms with Crippen LogP contribution in [0.4, 0.5) is 0 Å². The van der Waals surface area contributed by atoms with Gasteiger partial charge in [0.15, 0.2) is 0 Å². The van der Waals surface area contributed by atoms with Crippen LogP contribution in [0.15, 0.2) is 65.1 Å². The molecule has 0 spiro atoms. The predicted octanol–water partition coefficient (Wildman–Crippen LogP) is 4.24. The minimum atomic E-state index is -0.114. The Morgan fingerprint density at radius 3 is 2.50 bits per heavy atom. The zero-order chi connectivity index (χ0) is 13.9. The van der Waals surface area contributed by atoms with Crippen molar-refractivity contribution in [1.82, 2.24) is 4.98 Å². The van der Waals surface area contributed by atoms with Crippen LogP contribution in [-0.4, -0.2) is 4.98 Å². The Morgan fingerprint density at radius 1 is 1.00 bits per heavy atom. The van der Waals surface area contributed by atoms with Crippen molar-refractivity contribution in [2.75, 3.05) is 0 Å².